The highest BCUT2D eigenvalue weighted by molar-refractivity contribution is 5.77. The molecule has 1 rings (SSSR count). The van der Waals surface area contributed by atoms with Crippen molar-refractivity contribution < 1.29 is 9.59 Å². The molecule has 1 aromatic heterocycles. The van der Waals surface area contributed by atoms with Gasteiger partial charge in [-0.3, -0.25) is 9.59 Å². The van der Waals surface area contributed by atoms with Gasteiger partial charge >= 0.3 is 0 Å². The maximum absolute atomic E-state index is 11.8. The van der Waals surface area contributed by atoms with Crippen molar-refractivity contribution in [1.82, 2.24) is 25.6 Å². The van der Waals surface area contributed by atoms with Crippen molar-refractivity contribution in [2.75, 3.05) is 6.54 Å². The minimum Gasteiger partial charge on any atom is -0.352 e. The zero-order chi connectivity index (χ0) is 15.1. The van der Waals surface area contributed by atoms with E-state index in [1.54, 1.807) is 6.20 Å². The Balaban J connectivity index is 2.43. The molecule has 0 radical (unpaired) electrons. The molecule has 1 unspecified atom stereocenters. The number of nitrogens with two attached hydrogens (primary N) is 1. The Labute approximate surface area is 118 Å². The highest BCUT2D eigenvalue weighted by Crippen LogP contribution is 2.00. The number of rotatable bonds is 7. The monoisotopic (exact) mass is 282 g/mol. The van der Waals surface area contributed by atoms with Gasteiger partial charge in [0.2, 0.25) is 11.8 Å². The first-order chi connectivity index (χ1) is 9.42. The number of hydrogen-bond donors (Lipinski definition) is 3. The minimum atomic E-state index is -0.261. The van der Waals surface area contributed by atoms with Crippen LogP contribution in [0.3, 0.4) is 0 Å². The molecule has 4 N–H and O–H groups in total. The number of nitrogens with zero attached hydrogens (tertiary/aromatic N) is 3. The van der Waals surface area contributed by atoms with Gasteiger partial charge in [-0.1, -0.05) is 19.1 Å². The summed E-state index contributed by atoms with van der Waals surface area (Å²) >= 11 is 0. The van der Waals surface area contributed by atoms with E-state index in [4.69, 9.17) is 5.73 Å². The van der Waals surface area contributed by atoms with Crippen LogP contribution in [0.4, 0.5) is 0 Å². The molecular weight excluding hydrogens is 260 g/mol. The number of carbonyl (C=O) groups is 2. The van der Waals surface area contributed by atoms with Gasteiger partial charge in [-0.15, -0.1) is 5.10 Å². The summed E-state index contributed by atoms with van der Waals surface area (Å²) < 4.78 is 1.44. The molecule has 1 aromatic rings. The normalized spacial score (nSPS) is 12.2. The van der Waals surface area contributed by atoms with E-state index < -0.39 is 0 Å². The van der Waals surface area contributed by atoms with E-state index in [-0.39, 0.29) is 37.5 Å². The zero-order valence-corrected chi connectivity index (χ0v) is 12.1. The summed E-state index contributed by atoms with van der Waals surface area (Å²) in [6.07, 6.45) is 1.62. The summed E-state index contributed by atoms with van der Waals surface area (Å²) in [5.41, 5.74) is 5.75. The lowest BCUT2D eigenvalue weighted by Crippen LogP contribution is -2.38. The maximum atomic E-state index is 11.8. The maximum Gasteiger partial charge on any atom is 0.242 e. The number of hydrogen-bond acceptors (Lipinski definition) is 5. The number of nitrogens with one attached hydrogen (secondary N) is 2. The molecule has 2 amide bonds. The van der Waals surface area contributed by atoms with Crippen LogP contribution in [0, 0.1) is 5.92 Å². The Morgan fingerprint density at radius 2 is 2.05 bits per heavy atom. The fourth-order valence-electron chi connectivity index (χ4n) is 1.37. The quantitative estimate of drug-likeness (QED) is 0.594. The van der Waals surface area contributed by atoms with Crippen LogP contribution in [0.15, 0.2) is 6.20 Å². The molecule has 20 heavy (non-hydrogen) atoms. The third kappa shape index (κ3) is 5.35. The predicted octanol–water partition coefficient (Wildman–Crippen LogP) is -0.986. The van der Waals surface area contributed by atoms with Crippen molar-refractivity contribution in [3.05, 3.63) is 11.9 Å². The summed E-state index contributed by atoms with van der Waals surface area (Å²) in [5, 5.41) is 13.2. The molecule has 0 aromatic carbocycles. The Hall–Kier alpha value is -1.96. The second kappa shape index (κ2) is 7.59. The summed E-state index contributed by atoms with van der Waals surface area (Å²) in [6.45, 7) is 6.33. The fraction of sp³-hybridized carbons (Fsp3) is 0.667. The smallest absolute Gasteiger partial charge is 0.242 e. The van der Waals surface area contributed by atoms with E-state index in [9.17, 15) is 9.59 Å². The lowest BCUT2D eigenvalue weighted by Gasteiger charge is -2.17. The van der Waals surface area contributed by atoms with Crippen molar-refractivity contribution in [3.8, 4) is 0 Å². The highest BCUT2D eigenvalue weighted by atomic mass is 16.2. The SMILES string of the molecule is CC(C)C(C)NC(=O)Cn1cc(CNC(=O)CN)nn1. The Bertz CT molecular complexity index is 457. The molecule has 0 aliphatic heterocycles. The minimum absolute atomic E-state index is 0.0658. The first-order valence-electron chi connectivity index (χ1n) is 6.57. The molecule has 1 atom stereocenters. The first-order valence-corrected chi connectivity index (χ1v) is 6.57. The van der Waals surface area contributed by atoms with Gasteiger partial charge in [0.05, 0.1) is 19.3 Å². The molecular formula is C12H22N6O2. The zero-order valence-electron chi connectivity index (χ0n) is 12.1. The van der Waals surface area contributed by atoms with Gasteiger partial charge in [-0.05, 0) is 12.8 Å². The van der Waals surface area contributed by atoms with Crippen molar-refractivity contribution >= 4 is 11.8 Å². The standard InChI is InChI=1S/C12H22N6O2/c1-8(2)9(3)15-12(20)7-18-6-10(16-17-18)5-14-11(19)4-13/h6,8-9H,4-5,7,13H2,1-3H3,(H,14,19)(H,15,20). The molecule has 8 heteroatoms. The largest absolute Gasteiger partial charge is 0.352 e. The molecule has 0 fully saturated rings. The van der Waals surface area contributed by atoms with Crippen LogP contribution in [-0.4, -0.2) is 39.4 Å². The van der Waals surface area contributed by atoms with Gasteiger partial charge in [0.1, 0.15) is 12.2 Å². The van der Waals surface area contributed by atoms with E-state index in [1.807, 2.05) is 20.8 Å². The second-order valence-corrected chi connectivity index (χ2v) is 4.99. The van der Waals surface area contributed by atoms with Crippen LogP contribution in [0.5, 0.6) is 0 Å². The average molecular weight is 282 g/mol. The van der Waals surface area contributed by atoms with E-state index in [1.165, 1.54) is 4.68 Å². The van der Waals surface area contributed by atoms with Gasteiger partial charge in [-0.25, -0.2) is 4.68 Å². The van der Waals surface area contributed by atoms with Crippen LogP contribution in [-0.2, 0) is 22.7 Å². The summed E-state index contributed by atoms with van der Waals surface area (Å²) in [4.78, 5) is 22.8. The molecule has 0 spiro atoms. The van der Waals surface area contributed by atoms with Crippen LogP contribution in [0.2, 0.25) is 0 Å². The van der Waals surface area contributed by atoms with Crippen molar-refractivity contribution in [1.29, 1.82) is 0 Å². The van der Waals surface area contributed by atoms with Gasteiger partial charge in [0, 0.05) is 6.04 Å². The van der Waals surface area contributed by atoms with E-state index in [2.05, 4.69) is 20.9 Å². The lowest BCUT2D eigenvalue weighted by atomic mass is 10.1. The third-order valence-corrected chi connectivity index (χ3v) is 2.93. The van der Waals surface area contributed by atoms with Crippen molar-refractivity contribution in [3.63, 3.8) is 0 Å². The molecule has 0 bridgehead atoms. The van der Waals surface area contributed by atoms with Crippen LogP contribution in [0.25, 0.3) is 0 Å². The predicted molar refractivity (Wildman–Crippen MR) is 73.4 cm³/mol. The summed E-state index contributed by atoms with van der Waals surface area (Å²) in [6, 6.07) is 0.106. The fourth-order valence-corrected chi connectivity index (χ4v) is 1.37. The lowest BCUT2D eigenvalue weighted by molar-refractivity contribution is -0.123. The van der Waals surface area contributed by atoms with Gasteiger partial charge in [-0.2, -0.15) is 0 Å². The summed E-state index contributed by atoms with van der Waals surface area (Å²) in [5.74, 6) is -0.00609. The number of aromatic nitrogens is 3. The number of amides is 2. The van der Waals surface area contributed by atoms with Gasteiger partial charge < -0.3 is 16.4 Å². The Morgan fingerprint density at radius 1 is 1.35 bits per heavy atom. The topological polar surface area (TPSA) is 115 Å². The summed E-state index contributed by atoms with van der Waals surface area (Å²) in [7, 11) is 0. The number of carbonyl (C=O) groups excluding carboxylic acids is 2. The van der Waals surface area contributed by atoms with E-state index in [0.717, 1.165) is 0 Å². The highest BCUT2D eigenvalue weighted by Gasteiger charge is 2.12. The molecule has 0 aliphatic rings. The molecule has 8 nitrogen and oxygen atoms in total. The average Bonchev–Trinajstić information content (AvgIpc) is 2.83. The molecule has 0 saturated carbocycles. The van der Waals surface area contributed by atoms with Crippen LogP contribution >= 0.6 is 0 Å². The van der Waals surface area contributed by atoms with Crippen LogP contribution in [0.1, 0.15) is 26.5 Å². The van der Waals surface area contributed by atoms with E-state index >= 15 is 0 Å². The molecule has 112 valence electrons. The van der Waals surface area contributed by atoms with Crippen molar-refractivity contribution in [2.45, 2.75) is 39.9 Å². The Kier molecular flexibility index (Phi) is 6.10. The first kappa shape index (κ1) is 16.1. The van der Waals surface area contributed by atoms with Crippen molar-refractivity contribution in [2.24, 2.45) is 11.7 Å². The van der Waals surface area contributed by atoms with Gasteiger partial charge in [0.15, 0.2) is 0 Å². The molecule has 0 saturated heterocycles. The molecule has 1 heterocycles. The van der Waals surface area contributed by atoms with Crippen LogP contribution < -0.4 is 16.4 Å². The molecule has 0 aliphatic carbocycles. The van der Waals surface area contributed by atoms with Gasteiger partial charge in [0.25, 0.3) is 0 Å². The third-order valence-electron chi connectivity index (χ3n) is 2.93. The Morgan fingerprint density at radius 3 is 2.65 bits per heavy atom. The second-order valence-electron chi connectivity index (χ2n) is 4.99. The van der Waals surface area contributed by atoms with E-state index in [0.29, 0.717) is 11.6 Å².